The first-order valence-corrected chi connectivity index (χ1v) is 35.0. The summed E-state index contributed by atoms with van der Waals surface area (Å²) in [5.74, 6) is -0.347. The SMILES string of the molecule is CCC(c1ccc(OC(=O)c2ccc(-c3ccc(N(c4ccccc4)c4ccccc4)cc3)cc2)cc1)(c1ccc(OC(=O)c2ccc(-c3ccc(N(c4ccccc4)c4ccccc4)cc3)cc2)cc1)c1ccc(OC(=O)c2ccc(-c3ccc(N(c4ccccc4)c4ccccc4)cc3)cc2)cc1. The highest BCUT2D eigenvalue weighted by atomic mass is 16.5. The molecule has 0 saturated carbocycles. The quantitative estimate of drug-likeness (QED) is 0.0374. The van der Waals surface area contributed by atoms with Crippen molar-refractivity contribution in [3.05, 3.63) is 434 Å². The molecule has 0 heterocycles. The number of hydrogen-bond acceptors (Lipinski definition) is 9. The van der Waals surface area contributed by atoms with Crippen LogP contribution in [-0.2, 0) is 5.41 Å². The molecule has 9 heteroatoms. The van der Waals surface area contributed by atoms with E-state index in [9.17, 15) is 14.4 Å². The number of rotatable bonds is 22. The van der Waals surface area contributed by atoms with Crippen molar-refractivity contribution in [1.29, 1.82) is 0 Å². The smallest absolute Gasteiger partial charge is 0.343 e. The average Bonchev–Trinajstić information content (AvgIpc) is 0.757. The molecule has 15 aromatic carbocycles. The lowest BCUT2D eigenvalue weighted by atomic mass is 9.67. The predicted octanol–water partition coefficient (Wildman–Crippen LogP) is 24.5. The molecule has 15 rings (SSSR count). The van der Waals surface area contributed by atoms with Crippen LogP contribution in [0.5, 0.6) is 17.2 Å². The van der Waals surface area contributed by atoms with E-state index in [-0.39, 0.29) is 0 Å². The Morgan fingerprint density at radius 3 is 0.571 bits per heavy atom. The molecule has 15 aromatic rings. The topological polar surface area (TPSA) is 88.6 Å². The summed E-state index contributed by atoms with van der Waals surface area (Å²) in [6, 6.07) is 132. The molecule has 0 unspecified atom stereocenters. The number of benzene rings is 15. The molecule has 0 spiro atoms. The van der Waals surface area contributed by atoms with E-state index in [1.54, 1.807) is 36.4 Å². The zero-order valence-electron chi connectivity index (χ0n) is 57.6. The normalized spacial score (nSPS) is 11.1. The van der Waals surface area contributed by atoms with Gasteiger partial charge in [0.2, 0.25) is 0 Å². The molecule has 0 saturated heterocycles. The van der Waals surface area contributed by atoms with E-state index in [1.165, 1.54) is 0 Å². The molecule has 9 nitrogen and oxygen atoms in total. The Labute approximate surface area is 612 Å². The molecule has 105 heavy (non-hydrogen) atoms. The number of hydrogen-bond donors (Lipinski definition) is 0. The molecule has 0 radical (unpaired) electrons. The zero-order valence-corrected chi connectivity index (χ0v) is 57.6. The van der Waals surface area contributed by atoms with E-state index >= 15 is 0 Å². The number of carbonyl (C=O) groups is 3. The Morgan fingerprint density at radius 2 is 0.390 bits per heavy atom. The van der Waals surface area contributed by atoms with Gasteiger partial charge in [-0.2, -0.15) is 0 Å². The van der Waals surface area contributed by atoms with E-state index in [0.717, 1.165) is 101 Å². The summed E-state index contributed by atoms with van der Waals surface area (Å²) in [4.78, 5) is 48.3. The summed E-state index contributed by atoms with van der Waals surface area (Å²) in [6.45, 7) is 2.11. The molecule has 0 aliphatic rings. The van der Waals surface area contributed by atoms with Gasteiger partial charge in [-0.25, -0.2) is 14.4 Å². The van der Waals surface area contributed by atoms with Crippen LogP contribution < -0.4 is 28.9 Å². The summed E-state index contributed by atoms with van der Waals surface area (Å²) in [5, 5.41) is 0. The minimum absolute atomic E-state index is 0.374. The van der Waals surface area contributed by atoms with Crippen LogP contribution in [-0.4, -0.2) is 17.9 Å². The highest BCUT2D eigenvalue weighted by Crippen LogP contribution is 2.45. The number of carbonyl (C=O) groups excluding carboxylic acids is 3. The molecular weight excluding hydrogens is 1290 g/mol. The minimum atomic E-state index is -0.798. The lowest BCUT2D eigenvalue weighted by Gasteiger charge is -2.35. The molecule has 0 atom stereocenters. The van der Waals surface area contributed by atoms with Crippen LogP contribution in [0.2, 0.25) is 0 Å². The highest BCUT2D eigenvalue weighted by Gasteiger charge is 2.35. The number of nitrogens with zero attached hydrogens (tertiary/aromatic N) is 3. The van der Waals surface area contributed by atoms with Gasteiger partial charge in [0.15, 0.2) is 0 Å². The average molecular weight is 1360 g/mol. The maximum Gasteiger partial charge on any atom is 0.343 e. The van der Waals surface area contributed by atoms with Crippen molar-refractivity contribution in [1.82, 2.24) is 0 Å². The lowest BCUT2D eigenvalue weighted by Crippen LogP contribution is -2.28. The summed E-state index contributed by atoms with van der Waals surface area (Å²) in [5.41, 5.74) is 18.4. The number of para-hydroxylation sites is 6. The van der Waals surface area contributed by atoms with E-state index in [2.05, 4.69) is 167 Å². The van der Waals surface area contributed by atoms with Crippen LogP contribution in [0.3, 0.4) is 0 Å². The minimum Gasteiger partial charge on any atom is -0.423 e. The maximum absolute atomic E-state index is 13.9. The van der Waals surface area contributed by atoms with Gasteiger partial charge in [-0.1, -0.05) is 225 Å². The molecule has 0 aliphatic carbocycles. The fourth-order valence-electron chi connectivity index (χ4n) is 13.6. The van der Waals surface area contributed by atoms with Gasteiger partial charge in [-0.3, -0.25) is 0 Å². The number of esters is 3. The molecule has 0 bridgehead atoms. The predicted molar refractivity (Wildman–Crippen MR) is 424 cm³/mol. The van der Waals surface area contributed by atoms with E-state index in [4.69, 9.17) is 14.2 Å². The van der Waals surface area contributed by atoms with Crippen LogP contribution in [0.25, 0.3) is 33.4 Å². The van der Waals surface area contributed by atoms with Gasteiger partial charge in [-0.05, 0) is 238 Å². The second-order valence-electron chi connectivity index (χ2n) is 25.4. The molecule has 0 fully saturated rings. The van der Waals surface area contributed by atoms with Gasteiger partial charge >= 0.3 is 17.9 Å². The first-order chi connectivity index (χ1) is 51.7. The fourth-order valence-corrected chi connectivity index (χ4v) is 13.6. The second-order valence-corrected chi connectivity index (χ2v) is 25.4. The summed E-state index contributed by atoms with van der Waals surface area (Å²) < 4.78 is 18.2. The van der Waals surface area contributed by atoms with Crippen LogP contribution in [0.15, 0.2) is 400 Å². The first-order valence-electron chi connectivity index (χ1n) is 35.0. The third-order valence-electron chi connectivity index (χ3n) is 19.0. The summed E-state index contributed by atoms with van der Waals surface area (Å²) >= 11 is 0. The van der Waals surface area contributed by atoms with Gasteiger partial charge in [0.25, 0.3) is 0 Å². The monoisotopic (exact) mass is 1360 g/mol. The Bertz CT molecular complexity index is 4730. The van der Waals surface area contributed by atoms with Crippen LogP contribution in [0.4, 0.5) is 51.2 Å². The Hall–Kier alpha value is -13.9. The Morgan fingerprint density at radius 1 is 0.219 bits per heavy atom. The lowest BCUT2D eigenvalue weighted by molar-refractivity contribution is 0.0725. The summed E-state index contributed by atoms with van der Waals surface area (Å²) in [7, 11) is 0. The Balaban J connectivity index is 0.651. The molecule has 0 N–H and O–H groups in total. The standard InChI is InChI=1S/C96H71N3O6/c1-2-96(78-51-63-90(64-52-78)103-93(100)75-39-33-69(34-40-75)72-45-57-87(58-46-72)97(81-21-9-3-10-22-81)82-23-11-4-12-24-82,79-53-65-91(66-54-79)104-94(101)76-41-35-70(36-42-76)73-47-59-88(60-48-73)98(83-25-13-5-14-26-83)84-27-15-6-16-28-84)80-55-67-92(68-56-80)105-95(102)77-43-37-71(38-44-77)74-49-61-89(62-50-74)99(85-29-17-7-18-30-85)86-31-19-8-20-32-86/h3-68H,2H2,1H3. The Kier molecular flexibility index (Phi) is 19.7. The van der Waals surface area contributed by atoms with E-state index in [0.29, 0.717) is 40.4 Å². The number of ether oxygens (including phenoxy) is 3. The van der Waals surface area contributed by atoms with Crippen molar-refractivity contribution < 1.29 is 28.6 Å². The van der Waals surface area contributed by atoms with Crippen molar-refractivity contribution in [3.8, 4) is 50.6 Å². The maximum atomic E-state index is 13.9. The highest BCUT2D eigenvalue weighted by molar-refractivity contribution is 5.94. The van der Waals surface area contributed by atoms with Crippen LogP contribution in [0, 0.1) is 0 Å². The fraction of sp³-hybridized carbons (Fsp3) is 0.0312. The largest absolute Gasteiger partial charge is 0.423 e. The van der Waals surface area contributed by atoms with Gasteiger partial charge in [-0.15, -0.1) is 0 Å². The number of anilines is 9. The van der Waals surface area contributed by atoms with Crippen molar-refractivity contribution in [2.75, 3.05) is 14.7 Å². The summed E-state index contributed by atoms with van der Waals surface area (Å²) in [6.07, 6.45) is 0.582. The third kappa shape index (κ3) is 14.8. The van der Waals surface area contributed by atoms with Crippen molar-refractivity contribution in [2.45, 2.75) is 18.8 Å². The van der Waals surface area contributed by atoms with Crippen molar-refractivity contribution in [2.24, 2.45) is 0 Å². The molecular formula is C96H71N3O6. The van der Waals surface area contributed by atoms with Gasteiger partial charge in [0.05, 0.1) is 16.7 Å². The van der Waals surface area contributed by atoms with Crippen molar-refractivity contribution >= 4 is 69.1 Å². The molecule has 0 aromatic heterocycles. The van der Waals surface area contributed by atoms with Gasteiger partial charge < -0.3 is 28.9 Å². The molecule has 506 valence electrons. The van der Waals surface area contributed by atoms with Gasteiger partial charge in [0, 0.05) is 56.6 Å². The van der Waals surface area contributed by atoms with Crippen LogP contribution in [0.1, 0.15) is 61.1 Å². The second kappa shape index (κ2) is 30.9. The van der Waals surface area contributed by atoms with Crippen LogP contribution >= 0.6 is 0 Å². The van der Waals surface area contributed by atoms with E-state index < -0.39 is 23.3 Å². The first kappa shape index (κ1) is 67.0. The molecule has 0 aliphatic heterocycles. The third-order valence-corrected chi connectivity index (χ3v) is 19.0. The van der Waals surface area contributed by atoms with Crippen molar-refractivity contribution in [3.63, 3.8) is 0 Å². The van der Waals surface area contributed by atoms with Gasteiger partial charge in [0.1, 0.15) is 17.2 Å². The zero-order chi connectivity index (χ0) is 71.3. The van der Waals surface area contributed by atoms with E-state index in [1.807, 2.05) is 218 Å². The molecule has 0 amide bonds.